The predicted octanol–water partition coefficient (Wildman–Crippen LogP) is 4.79. The summed E-state index contributed by atoms with van der Waals surface area (Å²) in [6.07, 6.45) is 0. The molecule has 1 aromatic heterocycles. The number of para-hydroxylation sites is 1. The molecule has 1 aliphatic rings. The molecule has 5 heteroatoms. The summed E-state index contributed by atoms with van der Waals surface area (Å²) < 4.78 is 15.4. The quantitative estimate of drug-likeness (QED) is 0.458. The van der Waals surface area contributed by atoms with Crippen LogP contribution in [-0.4, -0.2) is 46.5 Å². The van der Waals surface area contributed by atoms with E-state index in [0.717, 1.165) is 36.1 Å². The van der Waals surface area contributed by atoms with Crippen molar-refractivity contribution < 1.29 is 9.18 Å². The van der Waals surface area contributed by atoms with E-state index in [0.29, 0.717) is 25.3 Å². The molecule has 0 bridgehead atoms. The second kappa shape index (κ2) is 8.97. The summed E-state index contributed by atoms with van der Waals surface area (Å²) in [5.74, 6) is -0.196. The third kappa shape index (κ3) is 4.30. The number of halogens is 1. The highest BCUT2D eigenvalue weighted by Crippen LogP contribution is 2.23. The summed E-state index contributed by atoms with van der Waals surface area (Å²) >= 11 is 0. The SMILES string of the molecule is O=C(c1cc2ccccc2n1Cc1ccc(F)cc1)N1CCN(Cc2ccccc2)CC1. The van der Waals surface area contributed by atoms with Crippen LogP contribution >= 0.6 is 0 Å². The van der Waals surface area contributed by atoms with Crippen LogP contribution in [0, 0.1) is 5.82 Å². The zero-order valence-corrected chi connectivity index (χ0v) is 18.0. The molecular formula is C27H26FN3O. The van der Waals surface area contributed by atoms with E-state index in [1.165, 1.54) is 17.7 Å². The second-order valence-electron chi connectivity index (χ2n) is 8.35. The van der Waals surface area contributed by atoms with Crippen LogP contribution in [0.2, 0.25) is 0 Å². The van der Waals surface area contributed by atoms with Crippen molar-refractivity contribution in [3.05, 3.63) is 108 Å². The highest BCUT2D eigenvalue weighted by atomic mass is 19.1. The third-order valence-corrected chi connectivity index (χ3v) is 6.19. The van der Waals surface area contributed by atoms with Crippen LogP contribution in [0.15, 0.2) is 84.9 Å². The Labute approximate surface area is 187 Å². The molecule has 1 aliphatic heterocycles. The van der Waals surface area contributed by atoms with Gasteiger partial charge in [0.1, 0.15) is 11.5 Å². The highest BCUT2D eigenvalue weighted by molar-refractivity contribution is 5.99. The van der Waals surface area contributed by atoms with Gasteiger partial charge in [-0.25, -0.2) is 4.39 Å². The number of piperazine rings is 1. The zero-order valence-electron chi connectivity index (χ0n) is 18.0. The lowest BCUT2D eigenvalue weighted by atomic mass is 10.2. The maximum atomic E-state index is 13.5. The Morgan fingerprint density at radius 2 is 1.41 bits per heavy atom. The minimum atomic E-state index is -0.254. The summed E-state index contributed by atoms with van der Waals surface area (Å²) in [5.41, 5.74) is 3.97. The maximum absolute atomic E-state index is 13.5. The highest BCUT2D eigenvalue weighted by Gasteiger charge is 2.25. The lowest BCUT2D eigenvalue weighted by Crippen LogP contribution is -2.48. The van der Waals surface area contributed by atoms with Crippen molar-refractivity contribution in [3.63, 3.8) is 0 Å². The second-order valence-corrected chi connectivity index (χ2v) is 8.35. The molecule has 2 heterocycles. The molecule has 0 N–H and O–H groups in total. The van der Waals surface area contributed by atoms with Crippen molar-refractivity contribution in [1.82, 2.24) is 14.4 Å². The van der Waals surface area contributed by atoms with E-state index in [1.54, 1.807) is 12.1 Å². The number of amides is 1. The van der Waals surface area contributed by atoms with E-state index in [4.69, 9.17) is 0 Å². The molecule has 0 aliphatic carbocycles. The topological polar surface area (TPSA) is 28.5 Å². The third-order valence-electron chi connectivity index (χ3n) is 6.19. The van der Waals surface area contributed by atoms with Crippen LogP contribution in [0.1, 0.15) is 21.6 Å². The van der Waals surface area contributed by atoms with Gasteiger partial charge in [-0.2, -0.15) is 0 Å². The van der Waals surface area contributed by atoms with Crippen LogP contribution in [0.25, 0.3) is 10.9 Å². The van der Waals surface area contributed by atoms with Crippen LogP contribution in [-0.2, 0) is 13.1 Å². The van der Waals surface area contributed by atoms with Crippen molar-refractivity contribution >= 4 is 16.8 Å². The smallest absolute Gasteiger partial charge is 0.270 e. The first-order valence-corrected chi connectivity index (χ1v) is 11.1. The van der Waals surface area contributed by atoms with Gasteiger partial charge in [0.15, 0.2) is 0 Å². The van der Waals surface area contributed by atoms with E-state index in [1.807, 2.05) is 41.3 Å². The molecule has 0 radical (unpaired) electrons. The Kier molecular flexibility index (Phi) is 5.73. The molecular weight excluding hydrogens is 401 g/mol. The van der Waals surface area contributed by atoms with Crippen molar-refractivity contribution in [3.8, 4) is 0 Å². The number of benzene rings is 3. The largest absolute Gasteiger partial charge is 0.335 e. The predicted molar refractivity (Wildman–Crippen MR) is 125 cm³/mol. The average molecular weight is 428 g/mol. The van der Waals surface area contributed by atoms with Gasteiger partial charge in [-0.1, -0.05) is 60.7 Å². The standard InChI is InChI=1S/C27H26FN3O/c28-24-12-10-22(11-13-24)20-31-25-9-5-4-8-23(25)18-26(31)27(32)30-16-14-29(15-17-30)19-21-6-2-1-3-7-21/h1-13,18H,14-17,19-20H2. The molecule has 162 valence electrons. The Hall–Kier alpha value is -3.44. The van der Waals surface area contributed by atoms with Gasteiger partial charge in [-0.3, -0.25) is 9.69 Å². The summed E-state index contributed by atoms with van der Waals surface area (Å²) in [4.78, 5) is 17.9. The van der Waals surface area contributed by atoms with Crippen LogP contribution in [0.3, 0.4) is 0 Å². The number of hydrogen-bond donors (Lipinski definition) is 0. The van der Waals surface area contributed by atoms with Gasteiger partial charge in [0.25, 0.3) is 5.91 Å². The molecule has 4 nitrogen and oxygen atoms in total. The maximum Gasteiger partial charge on any atom is 0.270 e. The zero-order chi connectivity index (χ0) is 21.9. The lowest BCUT2D eigenvalue weighted by Gasteiger charge is -2.35. The van der Waals surface area contributed by atoms with Crippen molar-refractivity contribution in [2.24, 2.45) is 0 Å². The number of hydrogen-bond acceptors (Lipinski definition) is 2. The molecule has 1 amide bonds. The van der Waals surface area contributed by atoms with E-state index in [-0.39, 0.29) is 11.7 Å². The molecule has 1 saturated heterocycles. The first-order valence-electron chi connectivity index (χ1n) is 11.1. The number of nitrogens with zero attached hydrogens (tertiary/aromatic N) is 3. The average Bonchev–Trinajstić information content (AvgIpc) is 3.19. The van der Waals surface area contributed by atoms with Crippen molar-refractivity contribution in [1.29, 1.82) is 0 Å². The fraction of sp³-hybridized carbons (Fsp3) is 0.222. The molecule has 0 spiro atoms. The van der Waals surface area contributed by atoms with Crippen molar-refractivity contribution in [2.75, 3.05) is 26.2 Å². The van der Waals surface area contributed by atoms with Crippen LogP contribution in [0.5, 0.6) is 0 Å². The molecule has 1 fully saturated rings. The summed E-state index contributed by atoms with van der Waals surface area (Å²) in [6, 6.07) is 27.0. The van der Waals surface area contributed by atoms with E-state index in [2.05, 4.69) is 33.7 Å². The van der Waals surface area contributed by atoms with Gasteiger partial charge >= 0.3 is 0 Å². The summed E-state index contributed by atoms with van der Waals surface area (Å²) in [7, 11) is 0. The molecule has 0 atom stereocenters. The number of fused-ring (bicyclic) bond motifs is 1. The number of carbonyl (C=O) groups is 1. The van der Waals surface area contributed by atoms with Gasteiger partial charge in [-0.15, -0.1) is 0 Å². The van der Waals surface area contributed by atoms with Gasteiger partial charge in [0.2, 0.25) is 0 Å². The van der Waals surface area contributed by atoms with Gasteiger partial charge in [-0.05, 0) is 35.4 Å². The van der Waals surface area contributed by atoms with Gasteiger partial charge < -0.3 is 9.47 Å². The monoisotopic (exact) mass is 427 g/mol. The van der Waals surface area contributed by atoms with Crippen LogP contribution in [0.4, 0.5) is 4.39 Å². The first kappa shape index (κ1) is 20.5. The molecule has 5 rings (SSSR count). The summed E-state index contributed by atoms with van der Waals surface area (Å²) in [5, 5.41) is 1.04. The lowest BCUT2D eigenvalue weighted by molar-refractivity contribution is 0.0619. The molecule has 0 unspecified atom stereocenters. The number of aromatic nitrogens is 1. The Balaban J connectivity index is 1.35. The molecule has 3 aromatic carbocycles. The number of carbonyl (C=O) groups excluding carboxylic acids is 1. The summed E-state index contributed by atoms with van der Waals surface area (Å²) in [6.45, 7) is 4.58. The Bertz CT molecular complexity index is 1210. The molecule has 0 saturated carbocycles. The minimum absolute atomic E-state index is 0.0580. The molecule has 32 heavy (non-hydrogen) atoms. The van der Waals surface area contributed by atoms with E-state index in [9.17, 15) is 9.18 Å². The van der Waals surface area contributed by atoms with E-state index < -0.39 is 0 Å². The van der Waals surface area contributed by atoms with Gasteiger partial charge in [0.05, 0.1) is 0 Å². The fourth-order valence-electron chi connectivity index (χ4n) is 4.44. The fourth-order valence-corrected chi connectivity index (χ4v) is 4.44. The minimum Gasteiger partial charge on any atom is -0.335 e. The normalized spacial score (nSPS) is 14.7. The number of rotatable bonds is 5. The molecule has 4 aromatic rings. The van der Waals surface area contributed by atoms with Crippen molar-refractivity contribution in [2.45, 2.75) is 13.1 Å². The van der Waals surface area contributed by atoms with Gasteiger partial charge in [0, 0.05) is 50.2 Å². The van der Waals surface area contributed by atoms with Crippen LogP contribution < -0.4 is 0 Å². The van der Waals surface area contributed by atoms with E-state index >= 15 is 0 Å². The first-order chi connectivity index (χ1) is 15.7. The Morgan fingerprint density at radius 1 is 0.750 bits per heavy atom. The Morgan fingerprint density at radius 3 is 2.16 bits per heavy atom.